The van der Waals surface area contributed by atoms with Gasteiger partial charge in [0, 0.05) is 22.0 Å². The Morgan fingerprint density at radius 1 is 1.19 bits per heavy atom. The molecule has 0 amide bonds. The second kappa shape index (κ2) is 7.02. The van der Waals surface area contributed by atoms with Crippen molar-refractivity contribution < 1.29 is 19.2 Å². The minimum Gasteiger partial charge on any atom is -0.486 e. The molecule has 134 valence electrons. The summed E-state index contributed by atoms with van der Waals surface area (Å²) in [5.74, 6) is 1.55. The van der Waals surface area contributed by atoms with Crippen LogP contribution in [0.5, 0.6) is 11.5 Å². The highest BCUT2D eigenvalue weighted by atomic mass is 35.5. The third-order valence-electron chi connectivity index (χ3n) is 4.47. The first-order valence-corrected chi connectivity index (χ1v) is 8.91. The van der Waals surface area contributed by atoms with Crippen molar-refractivity contribution in [2.45, 2.75) is 19.6 Å². The molecule has 5 nitrogen and oxygen atoms in total. The number of aryl methyl sites for hydroxylation is 1. The van der Waals surface area contributed by atoms with Gasteiger partial charge in [-0.25, -0.2) is 4.79 Å². The molecule has 0 saturated carbocycles. The Hall–Kier alpha value is -2.50. The average Bonchev–Trinajstić information content (AvgIpc) is 2.63. The fraction of sp³-hybridized carbons (Fsp3) is 0.250. The summed E-state index contributed by atoms with van der Waals surface area (Å²) in [6.45, 7) is 3.74. The van der Waals surface area contributed by atoms with Crippen molar-refractivity contribution in [1.82, 2.24) is 0 Å². The standard InChI is InChI=1S/C20H18ClNO4/c1-12-6-19-15(8-16(12)21)13(7-20(23)26-19)9-22-10-14-11-24-17-4-2-3-5-18(17)25-14/h2-8,14,22H,9-11H2,1H3/p+1/t14-/m0/s1. The summed E-state index contributed by atoms with van der Waals surface area (Å²) in [4.78, 5) is 11.8. The van der Waals surface area contributed by atoms with E-state index in [2.05, 4.69) is 5.32 Å². The largest absolute Gasteiger partial charge is 0.486 e. The van der Waals surface area contributed by atoms with Crippen molar-refractivity contribution in [1.29, 1.82) is 0 Å². The molecule has 4 rings (SSSR count). The van der Waals surface area contributed by atoms with E-state index >= 15 is 0 Å². The van der Waals surface area contributed by atoms with Gasteiger partial charge in [0.25, 0.3) is 0 Å². The Morgan fingerprint density at radius 2 is 2.00 bits per heavy atom. The Morgan fingerprint density at radius 3 is 2.85 bits per heavy atom. The molecule has 2 N–H and O–H groups in total. The molecule has 0 saturated heterocycles. The number of hydrogen-bond acceptors (Lipinski definition) is 4. The molecule has 0 radical (unpaired) electrons. The van der Waals surface area contributed by atoms with Crippen LogP contribution in [-0.2, 0) is 6.54 Å². The molecule has 1 aliphatic heterocycles. The lowest BCUT2D eigenvalue weighted by atomic mass is 10.1. The molecule has 0 bridgehead atoms. The van der Waals surface area contributed by atoms with Crippen LogP contribution in [0, 0.1) is 6.92 Å². The fourth-order valence-electron chi connectivity index (χ4n) is 3.12. The van der Waals surface area contributed by atoms with Gasteiger partial charge < -0.3 is 19.2 Å². The van der Waals surface area contributed by atoms with Gasteiger partial charge in [0.05, 0.1) is 0 Å². The quantitative estimate of drug-likeness (QED) is 0.715. The Balaban J connectivity index is 1.47. The number of fused-ring (bicyclic) bond motifs is 2. The predicted molar refractivity (Wildman–Crippen MR) is 99.1 cm³/mol. The van der Waals surface area contributed by atoms with E-state index < -0.39 is 0 Å². The third kappa shape index (κ3) is 3.41. The summed E-state index contributed by atoms with van der Waals surface area (Å²) in [7, 11) is 0. The van der Waals surface area contributed by atoms with E-state index in [1.165, 1.54) is 6.07 Å². The van der Waals surface area contributed by atoms with Crippen molar-refractivity contribution in [2.75, 3.05) is 13.2 Å². The topological polar surface area (TPSA) is 65.3 Å². The molecule has 1 atom stereocenters. The molecule has 0 fully saturated rings. The zero-order valence-corrected chi connectivity index (χ0v) is 15.1. The van der Waals surface area contributed by atoms with E-state index in [0.717, 1.165) is 34.6 Å². The predicted octanol–water partition coefficient (Wildman–Crippen LogP) is 2.66. The maximum atomic E-state index is 11.8. The average molecular weight is 373 g/mol. The minimum atomic E-state index is -0.353. The first-order chi connectivity index (χ1) is 12.6. The molecule has 2 aromatic carbocycles. The molecule has 2 heterocycles. The van der Waals surface area contributed by atoms with Gasteiger partial charge in [0.15, 0.2) is 17.6 Å². The highest BCUT2D eigenvalue weighted by Crippen LogP contribution is 2.30. The van der Waals surface area contributed by atoms with Crippen molar-refractivity contribution in [2.24, 2.45) is 0 Å². The molecular weight excluding hydrogens is 354 g/mol. The first-order valence-electron chi connectivity index (χ1n) is 8.53. The van der Waals surface area contributed by atoms with E-state index in [9.17, 15) is 4.79 Å². The molecule has 6 heteroatoms. The molecular formula is C20H19ClNO4+. The van der Waals surface area contributed by atoms with E-state index in [4.69, 9.17) is 25.5 Å². The Kier molecular flexibility index (Phi) is 4.57. The summed E-state index contributed by atoms with van der Waals surface area (Å²) < 4.78 is 17.0. The molecule has 3 aromatic rings. The highest BCUT2D eigenvalue weighted by molar-refractivity contribution is 6.32. The minimum absolute atomic E-state index is 0.0397. The van der Waals surface area contributed by atoms with Gasteiger partial charge in [-0.3, -0.25) is 0 Å². The van der Waals surface area contributed by atoms with Crippen molar-refractivity contribution in [3.8, 4) is 11.5 Å². The number of ether oxygens (including phenoxy) is 2. The van der Waals surface area contributed by atoms with Crippen molar-refractivity contribution in [3.63, 3.8) is 0 Å². The number of quaternary nitrogens is 1. The van der Waals surface area contributed by atoms with Crippen LogP contribution in [0.25, 0.3) is 11.0 Å². The Bertz CT molecular complexity index is 1010. The molecule has 0 unspecified atom stereocenters. The van der Waals surface area contributed by atoms with Gasteiger partial charge >= 0.3 is 5.63 Å². The molecule has 1 aliphatic rings. The van der Waals surface area contributed by atoms with Crippen LogP contribution in [0.4, 0.5) is 0 Å². The number of halogens is 1. The monoisotopic (exact) mass is 372 g/mol. The van der Waals surface area contributed by atoms with Crippen LogP contribution in [-0.4, -0.2) is 19.3 Å². The molecule has 26 heavy (non-hydrogen) atoms. The highest BCUT2D eigenvalue weighted by Gasteiger charge is 2.22. The van der Waals surface area contributed by atoms with E-state index in [1.54, 1.807) is 6.07 Å². The maximum Gasteiger partial charge on any atom is 0.336 e. The summed E-state index contributed by atoms with van der Waals surface area (Å²) in [5, 5.41) is 3.63. The SMILES string of the molecule is Cc1cc2oc(=O)cc(C[NH2+]C[C@H]3COc4ccccc4O3)c2cc1Cl. The maximum absolute atomic E-state index is 11.8. The third-order valence-corrected chi connectivity index (χ3v) is 4.88. The zero-order chi connectivity index (χ0) is 18.1. The smallest absolute Gasteiger partial charge is 0.336 e. The summed E-state index contributed by atoms with van der Waals surface area (Å²) >= 11 is 6.24. The zero-order valence-electron chi connectivity index (χ0n) is 14.3. The lowest BCUT2D eigenvalue weighted by Gasteiger charge is -2.25. The van der Waals surface area contributed by atoms with Crippen molar-refractivity contribution in [3.05, 3.63) is 69.0 Å². The molecule has 0 aliphatic carbocycles. The van der Waals surface area contributed by atoms with Gasteiger partial charge in [-0.15, -0.1) is 0 Å². The summed E-state index contributed by atoms with van der Waals surface area (Å²) in [6, 6.07) is 12.8. The normalized spacial score (nSPS) is 16.0. The van der Waals surface area contributed by atoms with Crippen molar-refractivity contribution >= 4 is 22.6 Å². The van der Waals surface area contributed by atoms with Crippen LogP contribution in [0.3, 0.4) is 0 Å². The van der Waals surface area contributed by atoms with Gasteiger partial charge in [-0.1, -0.05) is 23.7 Å². The van der Waals surface area contributed by atoms with Crippen LogP contribution < -0.4 is 20.4 Å². The number of para-hydroxylation sites is 2. The number of benzene rings is 2. The van der Waals surface area contributed by atoms with E-state index in [1.807, 2.05) is 37.3 Å². The van der Waals surface area contributed by atoms with Crippen LogP contribution in [0.15, 0.2) is 51.7 Å². The molecule has 0 spiro atoms. The lowest BCUT2D eigenvalue weighted by Crippen LogP contribution is -2.85. The van der Waals surface area contributed by atoms with Crippen LogP contribution >= 0.6 is 11.6 Å². The molecule has 1 aromatic heterocycles. The second-order valence-electron chi connectivity index (χ2n) is 6.41. The number of nitrogens with two attached hydrogens (primary N) is 1. The fourth-order valence-corrected chi connectivity index (χ4v) is 3.28. The van der Waals surface area contributed by atoms with Crippen LogP contribution in [0.2, 0.25) is 5.02 Å². The summed E-state index contributed by atoms with van der Waals surface area (Å²) in [6.07, 6.45) is -0.0397. The van der Waals surface area contributed by atoms with Gasteiger partial charge in [0.1, 0.15) is 25.3 Å². The van der Waals surface area contributed by atoms with Gasteiger partial charge in [0.2, 0.25) is 0 Å². The summed E-state index contributed by atoms with van der Waals surface area (Å²) in [5.41, 5.74) is 1.99. The van der Waals surface area contributed by atoms with Gasteiger partial charge in [-0.2, -0.15) is 0 Å². The van der Waals surface area contributed by atoms with Gasteiger partial charge in [-0.05, 0) is 36.8 Å². The lowest BCUT2D eigenvalue weighted by molar-refractivity contribution is -0.675. The van der Waals surface area contributed by atoms with E-state index in [0.29, 0.717) is 23.8 Å². The number of rotatable bonds is 4. The Labute approximate surface area is 155 Å². The second-order valence-corrected chi connectivity index (χ2v) is 6.82. The first kappa shape index (κ1) is 16.9. The number of hydrogen-bond donors (Lipinski definition) is 1. The van der Waals surface area contributed by atoms with E-state index in [-0.39, 0.29) is 11.7 Å². The van der Waals surface area contributed by atoms with Crippen LogP contribution in [0.1, 0.15) is 11.1 Å².